The van der Waals surface area contributed by atoms with Gasteiger partial charge in [-0.05, 0) is 36.1 Å². The predicted octanol–water partition coefficient (Wildman–Crippen LogP) is 5.97. The van der Waals surface area contributed by atoms with Crippen LogP contribution in [-0.2, 0) is 10.2 Å². The van der Waals surface area contributed by atoms with Crippen molar-refractivity contribution in [3.05, 3.63) is 62.9 Å². The minimum Gasteiger partial charge on any atom is -0.491 e. The van der Waals surface area contributed by atoms with Gasteiger partial charge in [-0.3, -0.25) is 4.90 Å². The maximum atomic E-state index is 13.9. The van der Waals surface area contributed by atoms with Gasteiger partial charge in [0.25, 0.3) is 0 Å². The molecule has 2 aromatic rings. The molecule has 1 saturated heterocycles. The molecule has 0 aliphatic carbocycles. The summed E-state index contributed by atoms with van der Waals surface area (Å²) >= 11 is 12.0. The highest BCUT2D eigenvalue weighted by Gasteiger charge is 2.27. The van der Waals surface area contributed by atoms with Crippen molar-refractivity contribution in [3.63, 3.8) is 0 Å². The monoisotopic (exact) mass is 505 g/mol. The summed E-state index contributed by atoms with van der Waals surface area (Å²) in [6, 6.07) is 8.82. The maximum Gasteiger partial charge on any atom is 0.142 e. The summed E-state index contributed by atoms with van der Waals surface area (Å²) in [5, 5.41) is 10.9. The van der Waals surface area contributed by atoms with E-state index in [9.17, 15) is 9.50 Å². The van der Waals surface area contributed by atoms with Crippen LogP contribution in [0, 0.1) is 12.7 Å². The van der Waals surface area contributed by atoms with Gasteiger partial charge in [0.05, 0.1) is 17.7 Å². The predicted molar refractivity (Wildman–Crippen MR) is 130 cm³/mol. The van der Waals surface area contributed by atoms with Gasteiger partial charge in [0.15, 0.2) is 0 Å². The van der Waals surface area contributed by atoms with E-state index in [-0.39, 0.29) is 35.6 Å². The normalized spacial score (nSPS) is 18.2. The SMILES string of the molecule is Cc1ccc(OCC(O)CN2CCOC(c3cc(F)c(Cl)cc3Cl)C2)c(C(C)(C)C)c1.Cl. The topological polar surface area (TPSA) is 41.9 Å². The Morgan fingerprint density at radius 3 is 2.62 bits per heavy atom. The standard InChI is InChI=1S/C24H30Cl2FNO3.ClH/c1-15-5-6-22(18(9-15)24(2,3)4)31-14-16(29)12-28-7-8-30-23(13-28)17-10-21(27)20(26)11-19(17)25;/h5-6,9-11,16,23,29H,7-8,12-14H2,1-4H3;1H. The summed E-state index contributed by atoms with van der Waals surface area (Å²) in [5.74, 6) is 0.267. The fourth-order valence-corrected chi connectivity index (χ4v) is 4.24. The Bertz CT molecular complexity index is 920. The number of nitrogens with zero attached hydrogens (tertiary/aromatic N) is 1. The number of halogens is 4. The molecule has 1 fully saturated rings. The molecule has 0 spiro atoms. The number of β-amino-alcohol motifs (C(OH)–C–C–N with tert-alkyl or cyclic N) is 1. The Morgan fingerprint density at radius 2 is 1.94 bits per heavy atom. The van der Waals surface area contributed by atoms with Crippen LogP contribution in [0.4, 0.5) is 4.39 Å². The Morgan fingerprint density at radius 1 is 1.22 bits per heavy atom. The van der Waals surface area contributed by atoms with Gasteiger partial charge in [-0.2, -0.15) is 0 Å². The summed E-state index contributed by atoms with van der Waals surface area (Å²) in [6.45, 7) is 10.7. The molecule has 3 rings (SSSR count). The quantitative estimate of drug-likeness (QED) is 0.490. The van der Waals surface area contributed by atoms with Crippen LogP contribution in [0.15, 0.2) is 30.3 Å². The number of hydrogen-bond acceptors (Lipinski definition) is 4. The maximum absolute atomic E-state index is 13.9. The molecule has 32 heavy (non-hydrogen) atoms. The van der Waals surface area contributed by atoms with Gasteiger partial charge in [0, 0.05) is 30.2 Å². The molecule has 0 radical (unpaired) electrons. The second-order valence-electron chi connectivity index (χ2n) is 9.12. The van der Waals surface area contributed by atoms with E-state index in [4.69, 9.17) is 32.7 Å². The number of ether oxygens (including phenoxy) is 2. The Hall–Kier alpha value is -1.08. The molecule has 0 bridgehead atoms. The van der Waals surface area contributed by atoms with Crippen molar-refractivity contribution < 1.29 is 19.0 Å². The van der Waals surface area contributed by atoms with Crippen molar-refractivity contribution >= 4 is 35.6 Å². The zero-order chi connectivity index (χ0) is 22.8. The summed E-state index contributed by atoms with van der Waals surface area (Å²) in [4.78, 5) is 2.07. The molecule has 2 atom stereocenters. The van der Waals surface area contributed by atoms with Crippen LogP contribution in [0.5, 0.6) is 5.75 Å². The van der Waals surface area contributed by atoms with Crippen LogP contribution >= 0.6 is 35.6 Å². The van der Waals surface area contributed by atoms with Crippen molar-refractivity contribution in [1.29, 1.82) is 0 Å². The summed E-state index contributed by atoms with van der Waals surface area (Å²) in [5.41, 5.74) is 2.80. The minimum atomic E-state index is -0.676. The zero-order valence-corrected chi connectivity index (χ0v) is 21.2. The van der Waals surface area contributed by atoms with Gasteiger partial charge < -0.3 is 14.6 Å². The van der Waals surface area contributed by atoms with Crippen LogP contribution in [0.25, 0.3) is 0 Å². The fraction of sp³-hybridized carbons (Fsp3) is 0.500. The van der Waals surface area contributed by atoms with Crippen LogP contribution in [-0.4, -0.2) is 49.0 Å². The average molecular weight is 507 g/mol. The first-order chi connectivity index (χ1) is 14.5. The number of aliphatic hydroxyl groups is 1. The molecule has 178 valence electrons. The molecule has 8 heteroatoms. The first-order valence-electron chi connectivity index (χ1n) is 10.4. The van der Waals surface area contributed by atoms with E-state index in [1.807, 2.05) is 12.1 Å². The number of morpholine rings is 1. The van der Waals surface area contributed by atoms with E-state index in [0.29, 0.717) is 36.8 Å². The lowest BCUT2D eigenvalue weighted by molar-refractivity contribution is -0.0460. The van der Waals surface area contributed by atoms with Crippen molar-refractivity contribution in [2.24, 2.45) is 0 Å². The number of aryl methyl sites for hydroxylation is 1. The lowest BCUT2D eigenvalue weighted by Crippen LogP contribution is -2.43. The fourth-order valence-electron chi connectivity index (χ4n) is 3.73. The third-order valence-corrected chi connectivity index (χ3v) is 6.00. The minimum absolute atomic E-state index is 0. The van der Waals surface area contributed by atoms with Gasteiger partial charge >= 0.3 is 0 Å². The number of aliphatic hydroxyl groups excluding tert-OH is 1. The Kier molecular flexibility index (Phi) is 9.65. The molecule has 0 saturated carbocycles. The molecule has 4 nitrogen and oxygen atoms in total. The molecule has 2 unspecified atom stereocenters. The van der Waals surface area contributed by atoms with Crippen molar-refractivity contribution in [2.45, 2.75) is 45.3 Å². The van der Waals surface area contributed by atoms with E-state index in [2.05, 4.69) is 38.7 Å². The molecule has 1 heterocycles. The van der Waals surface area contributed by atoms with Gasteiger partial charge in [0.1, 0.15) is 24.3 Å². The number of hydrogen-bond donors (Lipinski definition) is 1. The highest BCUT2D eigenvalue weighted by molar-refractivity contribution is 6.35. The van der Waals surface area contributed by atoms with E-state index < -0.39 is 11.9 Å². The molecule has 0 aromatic heterocycles. The lowest BCUT2D eigenvalue weighted by Gasteiger charge is -2.34. The van der Waals surface area contributed by atoms with Gasteiger partial charge in [-0.1, -0.05) is 61.7 Å². The molecular weight excluding hydrogens is 476 g/mol. The number of benzene rings is 2. The van der Waals surface area contributed by atoms with Gasteiger partial charge in [0.2, 0.25) is 0 Å². The van der Waals surface area contributed by atoms with Gasteiger partial charge in [-0.25, -0.2) is 4.39 Å². The third kappa shape index (κ3) is 6.96. The van der Waals surface area contributed by atoms with Crippen molar-refractivity contribution in [2.75, 3.05) is 32.8 Å². The lowest BCUT2D eigenvalue weighted by atomic mass is 9.85. The van der Waals surface area contributed by atoms with Crippen LogP contribution in [0.2, 0.25) is 10.0 Å². The van der Waals surface area contributed by atoms with E-state index in [1.54, 1.807) is 0 Å². The van der Waals surface area contributed by atoms with Crippen molar-refractivity contribution in [1.82, 2.24) is 4.90 Å². The van der Waals surface area contributed by atoms with Crippen molar-refractivity contribution in [3.8, 4) is 5.75 Å². The second kappa shape index (κ2) is 11.4. The molecule has 1 aliphatic heterocycles. The molecule has 1 aliphatic rings. The van der Waals surface area contributed by atoms with E-state index in [0.717, 1.165) is 11.3 Å². The molecule has 0 amide bonds. The zero-order valence-electron chi connectivity index (χ0n) is 18.8. The summed E-state index contributed by atoms with van der Waals surface area (Å²) in [7, 11) is 0. The van der Waals surface area contributed by atoms with Crippen LogP contribution < -0.4 is 4.74 Å². The average Bonchev–Trinajstić information content (AvgIpc) is 2.69. The smallest absolute Gasteiger partial charge is 0.142 e. The largest absolute Gasteiger partial charge is 0.491 e. The summed E-state index contributed by atoms with van der Waals surface area (Å²) in [6.07, 6.45) is -1.06. The van der Waals surface area contributed by atoms with Crippen LogP contribution in [0.3, 0.4) is 0 Å². The first kappa shape index (κ1) is 27.2. The molecule has 1 N–H and O–H groups in total. The highest BCUT2D eigenvalue weighted by atomic mass is 35.5. The number of rotatable bonds is 6. The first-order valence-corrected chi connectivity index (χ1v) is 11.2. The Labute approximate surface area is 206 Å². The van der Waals surface area contributed by atoms with E-state index >= 15 is 0 Å². The highest BCUT2D eigenvalue weighted by Crippen LogP contribution is 2.33. The third-order valence-electron chi connectivity index (χ3n) is 5.38. The molecular formula is C24H31Cl3FNO3. The van der Waals surface area contributed by atoms with E-state index in [1.165, 1.54) is 17.7 Å². The molecule has 2 aromatic carbocycles. The van der Waals surface area contributed by atoms with Gasteiger partial charge in [-0.15, -0.1) is 12.4 Å². The summed E-state index contributed by atoms with van der Waals surface area (Å²) < 4.78 is 25.7. The second-order valence-corrected chi connectivity index (χ2v) is 9.94. The Balaban J connectivity index is 0.00000363. The van der Waals surface area contributed by atoms with Crippen LogP contribution in [0.1, 0.15) is 43.6 Å².